The Morgan fingerprint density at radius 2 is 2.44 bits per heavy atom. The van der Waals surface area contributed by atoms with E-state index in [4.69, 9.17) is 0 Å². The molecule has 0 fully saturated rings. The molecule has 0 bridgehead atoms. The molecular formula is C8H11BrN4O3. The summed E-state index contributed by atoms with van der Waals surface area (Å²) in [6, 6.07) is 0. The van der Waals surface area contributed by atoms with Crippen LogP contribution in [-0.4, -0.2) is 27.2 Å². The maximum Gasteiger partial charge on any atom is 0.404 e. The molecule has 0 saturated heterocycles. The Kier molecular flexibility index (Phi) is 4.41. The van der Waals surface area contributed by atoms with Crippen molar-refractivity contribution in [3.05, 3.63) is 20.8 Å². The predicted octanol–water partition coefficient (Wildman–Crippen LogP) is 1.08. The molecular weight excluding hydrogens is 280 g/mol. The zero-order chi connectivity index (χ0) is 12.1. The Labute approximate surface area is 100 Å². The van der Waals surface area contributed by atoms with Gasteiger partial charge in [0, 0.05) is 6.54 Å². The van der Waals surface area contributed by atoms with E-state index < -0.39 is 4.92 Å². The van der Waals surface area contributed by atoms with Crippen LogP contribution in [0.25, 0.3) is 0 Å². The van der Waals surface area contributed by atoms with Crippen LogP contribution in [0.5, 0.6) is 0 Å². The molecule has 0 atom stereocenters. The van der Waals surface area contributed by atoms with Crippen LogP contribution in [0.2, 0.25) is 0 Å². The molecule has 0 unspecified atom stereocenters. The minimum Gasteiger partial charge on any atom is -0.358 e. The SMILES string of the molecule is CCCNC(=O)Cn1cc(Br)c([N+](=O)[O-])n1. The molecule has 8 heteroatoms. The molecule has 88 valence electrons. The second-order valence-electron chi connectivity index (χ2n) is 3.11. The number of aromatic nitrogens is 2. The summed E-state index contributed by atoms with van der Waals surface area (Å²) in [4.78, 5) is 21.2. The summed E-state index contributed by atoms with van der Waals surface area (Å²) in [7, 11) is 0. The van der Waals surface area contributed by atoms with Crippen LogP contribution in [0.1, 0.15) is 13.3 Å². The van der Waals surface area contributed by atoms with Gasteiger partial charge in [-0.05, 0) is 27.3 Å². The molecule has 0 aromatic carbocycles. The van der Waals surface area contributed by atoms with Crippen LogP contribution < -0.4 is 5.32 Å². The molecule has 0 spiro atoms. The van der Waals surface area contributed by atoms with Gasteiger partial charge in [-0.3, -0.25) is 4.79 Å². The van der Waals surface area contributed by atoms with Crippen LogP contribution in [0, 0.1) is 10.1 Å². The van der Waals surface area contributed by atoms with Crippen molar-refractivity contribution in [1.82, 2.24) is 15.1 Å². The zero-order valence-corrected chi connectivity index (χ0v) is 10.2. The molecule has 1 aromatic heterocycles. The van der Waals surface area contributed by atoms with Gasteiger partial charge in [0.15, 0.2) is 0 Å². The minimum absolute atomic E-state index is 0.0214. The van der Waals surface area contributed by atoms with Gasteiger partial charge >= 0.3 is 5.82 Å². The fraction of sp³-hybridized carbons (Fsp3) is 0.500. The maximum absolute atomic E-state index is 11.3. The lowest BCUT2D eigenvalue weighted by Crippen LogP contribution is -2.28. The Balaban J connectivity index is 2.64. The number of nitrogens with one attached hydrogen (secondary N) is 1. The Morgan fingerprint density at radius 3 is 2.94 bits per heavy atom. The predicted molar refractivity (Wildman–Crippen MR) is 59.9 cm³/mol. The molecule has 0 aliphatic heterocycles. The van der Waals surface area contributed by atoms with E-state index in [1.165, 1.54) is 10.9 Å². The summed E-state index contributed by atoms with van der Waals surface area (Å²) in [5.74, 6) is -0.505. The molecule has 1 amide bonds. The maximum atomic E-state index is 11.3. The number of halogens is 1. The first-order valence-electron chi connectivity index (χ1n) is 4.68. The van der Waals surface area contributed by atoms with Gasteiger partial charge in [-0.25, -0.2) is 0 Å². The van der Waals surface area contributed by atoms with Gasteiger partial charge in [0.05, 0.1) is 11.3 Å². The topological polar surface area (TPSA) is 90.1 Å². The third-order valence-electron chi connectivity index (χ3n) is 1.75. The van der Waals surface area contributed by atoms with Crippen molar-refractivity contribution in [3.63, 3.8) is 0 Å². The Morgan fingerprint density at radius 1 is 1.75 bits per heavy atom. The van der Waals surface area contributed by atoms with Crippen molar-refractivity contribution >= 4 is 27.7 Å². The summed E-state index contributed by atoms with van der Waals surface area (Å²) < 4.78 is 1.49. The van der Waals surface area contributed by atoms with Crippen LogP contribution in [0.4, 0.5) is 5.82 Å². The largest absolute Gasteiger partial charge is 0.404 e. The zero-order valence-electron chi connectivity index (χ0n) is 8.64. The third kappa shape index (κ3) is 3.30. The van der Waals surface area contributed by atoms with Crippen molar-refractivity contribution in [2.24, 2.45) is 0 Å². The van der Waals surface area contributed by atoms with E-state index in [1.54, 1.807) is 0 Å². The molecule has 16 heavy (non-hydrogen) atoms. The normalized spacial score (nSPS) is 10.1. The quantitative estimate of drug-likeness (QED) is 0.649. The van der Waals surface area contributed by atoms with E-state index >= 15 is 0 Å². The molecule has 7 nitrogen and oxygen atoms in total. The molecule has 1 N–H and O–H groups in total. The van der Waals surface area contributed by atoms with E-state index in [2.05, 4.69) is 26.3 Å². The minimum atomic E-state index is -0.607. The van der Waals surface area contributed by atoms with Crippen molar-refractivity contribution < 1.29 is 9.72 Å². The molecule has 0 saturated carbocycles. The number of carbonyl (C=O) groups excluding carboxylic acids is 1. The van der Waals surface area contributed by atoms with Crippen LogP contribution in [0.15, 0.2) is 10.7 Å². The second kappa shape index (κ2) is 5.59. The standard InChI is InChI=1S/C8H11BrN4O3/c1-2-3-10-7(14)5-12-4-6(9)8(11-12)13(15)16/h4H,2-3,5H2,1H3,(H,10,14). The smallest absolute Gasteiger partial charge is 0.358 e. The average molecular weight is 291 g/mol. The number of rotatable bonds is 5. The van der Waals surface area contributed by atoms with Crippen LogP contribution >= 0.6 is 15.9 Å². The average Bonchev–Trinajstić information content (AvgIpc) is 2.56. The summed E-state index contributed by atoms with van der Waals surface area (Å²) >= 11 is 3.00. The first kappa shape index (κ1) is 12.6. The number of amides is 1. The monoisotopic (exact) mass is 290 g/mol. The molecule has 0 radical (unpaired) electrons. The summed E-state index contributed by atoms with van der Waals surface area (Å²) in [6.07, 6.45) is 2.25. The van der Waals surface area contributed by atoms with E-state index in [1.807, 2.05) is 6.92 Å². The molecule has 1 heterocycles. The second-order valence-corrected chi connectivity index (χ2v) is 3.96. The number of nitro groups is 1. The Hall–Kier alpha value is -1.44. The fourth-order valence-electron chi connectivity index (χ4n) is 1.06. The van der Waals surface area contributed by atoms with Crippen molar-refractivity contribution in [1.29, 1.82) is 0 Å². The highest BCUT2D eigenvalue weighted by Crippen LogP contribution is 2.21. The van der Waals surface area contributed by atoms with E-state index in [-0.39, 0.29) is 22.7 Å². The lowest BCUT2D eigenvalue weighted by atomic mass is 10.4. The fourth-order valence-corrected chi connectivity index (χ4v) is 1.52. The molecule has 0 aliphatic carbocycles. The van der Waals surface area contributed by atoms with Gasteiger partial charge in [0.1, 0.15) is 11.0 Å². The van der Waals surface area contributed by atoms with Gasteiger partial charge in [0.2, 0.25) is 5.91 Å². The first-order chi connectivity index (χ1) is 7.54. The highest BCUT2D eigenvalue weighted by molar-refractivity contribution is 9.10. The van der Waals surface area contributed by atoms with E-state index in [0.29, 0.717) is 6.54 Å². The molecule has 1 rings (SSSR count). The number of hydrogen-bond donors (Lipinski definition) is 1. The van der Waals surface area contributed by atoms with Crippen molar-refractivity contribution in [2.75, 3.05) is 6.54 Å². The lowest BCUT2D eigenvalue weighted by molar-refractivity contribution is -0.390. The summed E-state index contributed by atoms with van der Waals surface area (Å²) in [6.45, 7) is 2.51. The summed E-state index contributed by atoms with van der Waals surface area (Å²) in [5.41, 5.74) is 0. The molecule has 0 aliphatic rings. The highest BCUT2D eigenvalue weighted by atomic mass is 79.9. The lowest BCUT2D eigenvalue weighted by Gasteiger charge is -2.00. The number of hydrogen-bond acceptors (Lipinski definition) is 4. The first-order valence-corrected chi connectivity index (χ1v) is 5.48. The molecule has 1 aromatic rings. The van der Waals surface area contributed by atoms with Crippen LogP contribution in [0.3, 0.4) is 0 Å². The van der Waals surface area contributed by atoms with E-state index in [0.717, 1.165) is 6.42 Å². The van der Waals surface area contributed by atoms with Crippen molar-refractivity contribution in [2.45, 2.75) is 19.9 Å². The van der Waals surface area contributed by atoms with E-state index in [9.17, 15) is 14.9 Å². The number of nitrogens with zero attached hydrogens (tertiary/aromatic N) is 3. The summed E-state index contributed by atoms with van der Waals surface area (Å²) in [5, 5.41) is 16.8. The van der Waals surface area contributed by atoms with Gasteiger partial charge in [-0.2, -0.15) is 4.68 Å². The van der Waals surface area contributed by atoms with Crippen LogP contribution in [-0.2, 0) is 11.3 Å². The van der Waals surface area contributed by atoms with Gasteiger partial charge in [0.25, 0.3) is 0 Å². The number of carbonyl (C=O) groups is 1. The Bertz CT molecular complexity index is 404. The van der Waals surface area contributed by atoms with Gasteiger partial charge in [-0.15, -0.1) is 0 Å². The third-order valence-corrected chi connectivity index (χ3v) is 2.31. The van der Waals surface area contributed by atoms with Gasteiger partial charge < -0.3 is 15.4 Å². The van der Waals surface area contributed by atoms with Crippen molar-refractivity contribution in [3.8, 4) is 0 Å². The van der Waals surface area contributed by atoms with Gasteiger partial charge in [-0.1, -0.05) is 6.92 Å². The highest BCUT2D eigenvalue weighted by Gasteiger charge is 2.19.